The highest BCUT2D eigenvalue weighted by atomic mass is 16.6. The Balaban J connectivity index is 1.70. The largest absolute Gasteiger partial charge is 0.497 e. The highest BCUT2D eigenvalue weighted by Crippen LogP contribution is 2.29. The molecular formula is C24H23NO4. The smallest absolute Gasteiger partial charge is 0.315 e. The molecule has 0 saturated heterocycles. The summed E-state index contributed by atoms with van der Waals surface area (Å²) in [5.74, 6) is 1.32. The number of rotatable bonds is 8. The second kappa shape index (κ2) is 10.1. The van der Waals surface area contributed by atoms with E-state index in [4.69, 9.17) is 14.2 Å². The number of pyridine rings is 1. The number of carbonyl (C=O) groups excluding carboxylic acids is 1. The molecule has 0 saturated carbocycles. The lowest BCUT2D eigenvalue weighted by Crippen LogP contribution is -2.12. The molecule has 0 aliphatic carbocycles. The Morgan fingerprint density at radius 1 is 1.00 bits per heavy atom. The van der Waals surface area contributed by atoms with Crippen molar-refractivity contribution in [3.05, 3.63) is 83.7 Å². The number of carbonyl (C=O) groups is 1. The summed E-state index contributed by atoms with van der Waals surface area (Å²) in [6.07, 6.45) is 5.77. The van der Waals surface area contributed by atoms with Crippen LogP contribution in [0.1, 0.15) is 23.7 Å². The molecule has 0 aliphatic heterocycles. The van der Waals surface area contributed by atoms with Crippen molar-refractivity contribution in [2.24, 2.45) is 0 Å². The van der Waals surface area contributed by atoms with Crippen LogP contribution in [-0.2, 0) is 11.2 Å². The standard InChI is InChI=1S/C24H23NO4/c1-3-28-23-16-18(7-11-20-6-4-5-15-25-20)10-14-22(23)29-24(26)17-19-8-12-21(27-2)13-9-19/h4-16H,3,17H2,1-2H3/b11-7+. The van der Waals surface area contributed by atoms with Crippen LogP contribution in [0.5, 0.6) is 17.2 Å². The van der Waals surface area contributed by atoms with Crippen molar-refractivity contribution >= 4 is 18.1 Å². The van der Waals surface area contributed by atoms with Gasteiger partial charge in [0, 0.05) is 6.20 Å². The fourth-order valence-electron chi connectivity index (χ4n) is 2.71. The zero-order valence-electron chi connectivity index (χ0n) is 16.5. The molecular weight excluding hydrogens is 366 g/mol. The van der Waals surface area contributed by atoms with Gasteiger partial charge in [0.1, 0.15) is 5.75 Å². The molecule has 5 nitrogen and oxygen atoms in total. The minimum absolute atomic E-state index is 0.164. The van der Waals surface area contributed by atoms with Gasteiger partial charge in [-0.1, -0.05) is 30.3 Å². The second-order valence-corrected chi connectivity index (χ2v) is 6.23. The van der Waals surface area contributed by atoms with Crippen molar-refractivity contribution in [2.75, 3.05) is 13.7 Å². The first-order chi connectivity index (χ1) is 14.2. The number of aromatic nitrogens is 1. The summed E-state index contributed by atoms with van der Waals surface area (Å²) < 4.78 is 16.3. The normalized spacial score (nSPS) is 10.7. The molecule has 148 valence electrons. The van der Waals surface area contributed by atoms with E-state index in [1.54, 1.807) is 19.4 Å². The van der Waals surface area contributed by atoms with Crippen LogP contribution in [0.25, 0.3) is 12.2 Å². The number of ether oxygens (including phenoxy) is 3. The molecule has 1 heterocycles. The van der Waals surface area contributed by atoms with Crippen molar-refractivity contribution in [1.82, 2.24) is 4.98 Å². The van der Waals surface area contributed by atoms with Crippen LogP contribution in [0.3, 0.4) is 0 Å². The van der Waals surface area contributed by atoms with Gasteiger partial charge in [-0.05, 0) is 60.5 Å². The molecule has 3 rings (SSSR count). The Kier molecular flexibility index (Phi) is 7.00. The first-order valence-corrected chi connectivity index (χ1v) is 9.37. The lowest BCUT2D eigenvalue weighted by atomic mass is 10.1. The predicted molar refractivity (Wildman–Crippen MR) is 113 cm³/mol. The topological polar surface area (TPSA) is 57.7 Å². The summed E-state index contributed by atoms with van der Waals surface area (Å²) in [6, 6.07) is 18.5. The number of nitrogens with zero attached hydrogens (tertiary/aromatic N) is 1. The average Bonchev–Trinajstić information content (AvgIpc) is 2.75. The van der Waals surface area contributed by atoms with E-state index in [-0.39, 0.29) is 12.4 Å². The van der Waals surface area contributed by atoms with Gasteiger partial charge in [-0.2, -0.15) is 0 Å². The molecule has 0 atom stereocenters. The molecule has 0 aliphatic rings. The maximum atomic E-state index is 12.4. The van der Waals surface area contributed by atoms with Crippen LogP contribution >= 0.6 is 0 Å². The summed E-state index contributed by atoms with van der Waals surface area (Å²) in [7, 11) is 1.60. The van der Waals surface area contributed by atoms with E-state index in [0.717, 1.165) is 22.6 Å². The number of methoxy groups -OCH3 is 1. The van der Waals surface area contributed by atoms with Gasteiger partial charge in [0.15, 0.2) is 11.5 Å². The van der Waals surface area contributed by atoms with Gasteiger partial charge < -0.3 is 14.2 Å². The lowest BCUT2D eigenvalue weighted by molar-refractivity contribution is -0.133. The molecule has 2 aromatic carbocycles. The molecule has 29 heavy (non-hydrogen) atoms. The van der Waals surface area contributed by atoms with Gasteiger partial charge in [0.25, 0.3) is 0 Å². The Bertz CT molecular complexity index is 966. The molecule has 5 heteroatoms. The van der Waals surface area contributed by atoms with Crippen LogP contribution in [0.15, 0.2) is 66.9 Å². The summed E-state index contributed by atoms with van der Waals surface area (Å²) in [5, 5.41) is 0. The highest BCUT2D eigenvalue weighted by Gasteiger charge is 2.12. The maximum absolute atomic E-state index is 12.4. The summed E-state index contributed by atoms with van der Waals surface area (Å²) in [4.78, 5) is 16.6. The Labute approximate surface area is 170 Å². The van der Waals surface area contributed by atoms with Crippen LogP contribution in [0.4, 0.5) is 0 Å². The van der Waals surface area contributed by atoms with Crippen molar-refractivity contribution in [3.8, 4) is 17.2 Å². The third-order valence-corrected chi connectivity index (χ3v) is 4.13. The minimum atomic E-state index is -0.354. The van der Waals surface area contributed by atoms with E-state index in [2.05, 4.69) is 4.98 Å². The second-order valence-electron chi connectivity index (χ2n) is 6.23. The van der Waals surface area contributed by atoms with Crippen molar-refractivity contribution in [3.63, 3.8) is 0 Å². The molecule has 0 amide bonds. The molecule has 0 unspecified atom stereocenters. The molecule has 1 aromatic heterocycles. The number of benzene rings is 2. The minimum Gasteiger partial charge on any atom is -0.497 e. The van der Waals surface area contributed by atoms with Gasteiger partial charge in [-0.25, -0.2) is 0 Å². The average molecular weight is 389 g/mol. The van der Waals surface area contributed by atoms with Crippen LogP contribution in [0, 0.1) is 0 Å². The Morgan fingerprint density at radius 2 is 1.83 bits per heavy atom. The molecule has 3 aromatic rings. The molecule has 0 fully saturated rings. The van der Waals surface area contributed by atoms with Gasteiger partial charge >= 0.3 is 5.97 Å². The fraction of sp³-hybridized carbons (Fsp3) is 0.167. The fourth-order valence-corrected chi connectivity index (χ4v) is 2.71. The van der Waals surface area contributed by atoms with E-state index in [1.807, 2.05) is 73.7 Å². The molecule has 0 spiro atoms. The van der Waals surface area contributed by atoms with E-state index >= 15 is 0 Å². The number of esters is 1. The van der Waals surface area contributed by atoms with Gasteiger partial charge in [0.2, 0.25) is 0 Å². The molecule has 0 radical (unpaired) electrons. The lowest BCUT2D eigenvalue weighted by Gasteiger charge is -2.11. The van der Waals surface area contributed by atoms with E-state index in [0.29, 0.717) is 18.1 Å². The molecule has 0 bridgehead atoms. The Hall–Kier alpha value is -3.60. The summed E-state index contributed by atoms with van der Waals surface area (Å²) in [5.41, 5.74) is 2.64. The molecule has 0 N–H and O–H groups in total. The van der Waals surface area contributed by atoms with Crippen LogP contribution < -0.4 is 14.2 Å². The van der Waals surface area contributed by atoms with Crippen molar-refractivity contribution in [2.45, 2.75) is 13.3 Å². The Morgan fingerprint density at radius 3 is 2.52 bits per heavy atom. The first kappa shape index (κ1) is 20.1. The van der Waals surface area contributed by atoms with Crippen LogP contribution in [0.2, 0.25) is 0 Å². The van der Waals surface area contributed by atoms with E-state index < -0.39 is 0 Å². The van der Waals surface area contributed by atoms with Crippen molar-refractivity contribution in [1.29, 1.82) is 0 Å². The zero-order valence-corrected chi connectivity index (χ0v) is 16.5. The van der Waals surface area contributed by atoms with E-state index in [1.165, 1.54) is 0 Å². The van der Waals surface area contributed by atoms with Gasteiger partial charge in [-0.15, -0.1) is 0 Å². The van der Waals surface area contributed by atoms with Crippen molar-refractivity contribution < 1.29 is 19.0 Å². The van der Waals surface area contributed by atoms with Gasteiger partial charge in [-0.3, -0.25) is 9.78 Å². The van der Waals surface area contributed by atoms with E-state index in [9.17, 15) is 4.79 Å². The third kappa shape index (κ3) is 5.94. The third-order valence-electron chi connectivity index (χ3n) is 4.13. The number of hydrogen-bond acceptors (Lipinski definition) is 5. The summed E-state index contributed by atoms with van der Waals surface area (Å²) in [6.45, 7) is 2.36. The predicted octanol–water partition coefficient (Wildman–Crippen LogP) is 4.81. The first-order valence-electron chi connectivity index (χ1n) is 9.37. The summed E-state index contributed by atoms with van der Waals surface area (Å²) >= 11 is 0. The SMILES string of the molecule is CCOc1cc(/C=C/c2ccccn2)ccc1OC(=O)Cc1ccc(OC)cc1. The maximum Gasteiger partial charge on any atom is 0.315 e. The quantitative estimate of drug-likeness (QED) is 0.409. The highest BCUT2D eigenvalue weighted by molar-refractivity contribution is 5.77. The van der Waals surface area contributed by atoms with Gasteiger partial charge in [0.05, 0.1) is 25.8 Å². The zero-order chi connectivity index (χ0) is 20.5. The number of hydrogen-bond donors (Lipinski definition) is 0. The monoisotopic (exact) mass is 389 g/mol. The van der Waals surface area contributed by atoms with Crippen LogP contribution in [-0.4, -0.2) is 24.7 Å².